The summed E-state index contributed by atoms with van der Waals surface area (Å²) in [6, 6.07) is 0. The van der Waals surface area contributed by atoms with Crippen molar-refractivity contribution in [2.24, 2.45) is 0 Å². The average Bonchev–Trinajstić information content (AvgIpc) is 2.45. The highest BCUT2D eigenvalue weighted by atomic mass is 16.4. The number of aromatic nitrogens is 1. The van der Waals surface area contributed by atoms with Crippen LogP contribution in [0.3, 0.4) is 0 Å². The molecule has 0 atom stereocenters. The van der Waals surface area contributed by atoms with Crippen LogP contribution in [0.4, 0.5) is 0 Å². The van der Waals surface area contributed by atoms with Crippen LogP contribution in [0.5, 0.6) is 0 Å². The molecule has 82 valence electrons. The zero-order valence-corrected chi connectivity index (χ0v) is 8.78. The zero-order valence-electron chi connectivity index (χ0n) is 8.78. The number of aliphatic carboxylic acids is 1. The van der Waals surface area contributed by atoms with Crippen molar-refractivity contribution >= 4 is 5.97 Å². The van der Waals surface area contributed by atoms with Crippen molar-refractivity contribution in [2.45, 2.75) is 20.4 Å². The Kier molecular flexibility index (Phi) is 4.05. The number of hydrogen-bond donors (Lipinski definition) is 2. The fourth-order valence-corrected chi connectivity index (χ4v) is 1.04. The third-order valence-corrected chi connectivity index (χ3v) is 1.87. The van der Waals surface area contributed by atoms with Crippen LogP contribution >= 0.6 is 0 Å². The highest BCUT2D eigenvalue weighted by Crippen LogP contribution is 2.07. The number of hydrogen-bond acceptors (Lipinski definition) is 4. The summed E-state index contributed by atoms with van der Waals surface area (Å²) in [7, 11) is 0. The molecule has 0 saturated heterocycles. The minimum atomic E-state index is -0.945. The van der Waals surface area contributed by atoms with Gasteiger partial charge in [0.2, 0.25) is 5.89 Å². The summed E-state index contributed by atoms with van der Waals surface area (Å²) in [6.07, 6.45) is 2.63. The van der Waals surface area contributed by atoms with Crippen molar-refractivity contribution in [3.05, 3.63) is 29.5 Å². The van der Waals surface area contributed by atoms with Crippen molar-refractivity contribution in [1.82, 2.24) is 10.3 Å². The molecule has 0 unspecified atom stereocenters. The third kappa shape index (κ3) is 3.95. The van der Waals surface area contributed by atoms with E-state index in [0.717, 1.165) is 17.5 Å². The summed E-state index contributed by atoms with van der Waals surface area (Å²) in [5.74, 6) is 0.487. The van der Waals surface area contributed by atoms with Crippen LogP contribution in [-0.4, -0.2) is 22.6 Å². The van der Waals surface area contributed by atoms with E-state index in [1.54, 1.807) is 0 Å². The molecule has 1 aromatic heterocycles. The SMILES string of the molecule is Cc1nc(CNC/C=C/C(=O)O)oc1C. The number of aryl methyl sites for hydroxylation is 2. The Morgan fingerprint density at radius 2 is 2.33 bits per heavy atom. The van der Waals surface area contributed by atoms with Gasteiger partial charge in [-0.3, -0.25) is 0 Å². The molecule has 0 fully saturated rings. The lowest BCUT2D eigenvalue weighted by molar-refractivity contribution is -0.131. The Balaban J connectivity index is 2.29. The summed E-state index contributed by atoms with van der Waals surface area (Å²) >= 11 is 0. The molecule has 0 radical (unpaired) electrons. The second kappa shape index (κ2) is 5.31. The van der Waals surface area contributed by atoms with Crippen LogP contribution < -0.4 is 5.32 Å². The topological polar surface area (TPSA) is 75.4 Å². The van der Waals surface area contributed by atoms with Crippen LogP contribution in [0.2, 0.25) is 0 Å². The molecule has 1 aromatic rings. The second-order valence-electron chi connectivity index (χ2n) is 3.12. The third-order valence-electron chi connectivity index (χ3n) is 1.87. The summed E-state index contributed by atoms with van der Waals surface area (Å²) in [6.45, 7) is 4.72. The summed E-state index contributed by atoms with van der Waals surface area (Å²) < 4.78 is 5.33. The molecule has 5 heteroatoms. The molecule has 5 nitrogen and oxygen atoms in total. The molecule has 0 aliphatic heterocycles. The molecule has 1 rings (SSSR count). The standard InChI is InChI=1S/C10H14N2O3/c1-7-8(2)15-9(12-7)6-11-5-3-4-10(13)14/h3-4,11H,5-6H2,1-2H3,(H,13,14)/b4-3+. The number of nitrogens with zero attached hydrogens (tertiary/aromatic N) is 1. The van der Waals surface area contributed by atoms with Crippen LogP contribution in [0.1, 0.15) is 17.3 Å². The highest BCUT2D eigenvalue weighted by Gasteiger charge is 2.03. The van der Waals surface area contributed by atoms with Gasteiger partial charge in [-0.15, -0.1) is 0 Å². The van der Waals surface area contributed by atoms with Crippen molar-refractivity contribution in [3.8, 4) is 0 Å². The first-order chi connectivity index (χ1) is 7.09. The van der Waals surface area contributed by atoms with E-state index in [4.69, 9.17) is 9.52 Å². The van der Waals surface area contributed by atoms with Crippen molar-refractivity contribution in [1.29, 1.82) is 0 Å². The maximum Gasteiger partial charge on any atom is 0.328 e. The quantitative estimate of drug-likeness (QED) is 0.560. The number of carboxylic acids is 1. The number of nitrogens with one attached hydrogen (secondary N) is 1. The smallest absolute Gasteiger partial charge is 0.328 e. The molecule has 0 spiro atoms. The van der Waals surface area contributed by atoms with Gasteiger partial charge in [-0.05, 0) is 13.8 Å². The largest absolute Gasteiger partial charge is 0.478 e. The van der Waals surface area contributed by atoms with Gasteiger partial charge in [0.05, 0.1) is 12.2 Å². The van der Waals surface area contributed by atoms with E-state index in [0.29, 0.717) is 19.0 Å². The molecule has 0 amide bonds. The van der Waals surface area contributed by atoms with Gasteiger partial charge in [0.25, 0.3) is 0 Å². The molecular formula is C10H14N2O3. The van der Waals surface area contributed by atoms with Gasteiger partial charge in [0.15, 0.2) is 0 Å². The molecule has 0 bridgehead atoms. The lowest BCUT2D eigenvalue weighted by Gasteiger charge is -1.95. The fraction of sp³-hybridized carbons (Fsp3) is 0.400. The Labute approximate surface area is 87.8 Å². The number of carbonyl (C=O) groups is 1. The summed E-state index contributed by atoms with van der Waals surface area (Å²) in [4.78, 5) is 14.3. The van der Waals surface area contributed by atoms with Crippen LogP contribution in [0.25, 0.3) is 0 Å². The Hall–Kier alpha value is -1.62. The molecule has 0 aromatic carbocycles. The average molecular weight is 210 g/mol. The van der Waals surface area contributed by atoms with E-state index >= 15 is 0 Å². The Bertz CT molecular complexity index is 349. The van der Waals surface area contributed by atoms with Gasteiger partial charge >= 0.3 is 5.97 Å². The monoisotopic (exact) mass is 210 g/mol. The first kappa shape index (κ1) is 11.5. The van der Waals surface area contributed by atoms with E-state index in [9.17, 15) is 4.79 Å². The summed E-state index contributed by atoms with van der Waals surface area (Å²) in [5.41, 5.74) is 0.882. The molecular weight excluding hydrogens is 196 g/mol. The van der Waals surface area contributed by atoms with Crippen molar-refractivity contribution < 1.29 is 14.3 Å². The molecule has 1 heterocycles. The van der Waals surface area contributed by atoms with Crippen molar-refractivity contribution in [2.75, 3.05) is 6.54 Å². The maximum absolute atomic E-state index is 10.1. The van der Waals surface area contributed by atoms with E-state index in [-0.39, 0.29) is 0 Å². The molecule has 0 aliphatic carbocycles. The van der Waals surface area contributed by atoms with Gasteiger partial charge in [-0.2, -0.15) is 0 Å². The number of carboxylic acid groups (broad SMARTS) is 1. The lowest BCUT2D eigenvalue weighted by atomic mass is 10.4. The number of oxazole rings is 1. The minimum absolute atomic E-state index is 0.479. The minimum Gasteiger partial charge on any atom is -0.478 e. The van der Waals surface area contributed by atoms with Crippen LogP contribution in [-0.2, 0) is 11.3 Å². The number of rotatable bonds is 5. The maximum atomic E-state index is 10.1. The van der Waals surface area contributed by atoms with Gasteiger partial charge in [0, 0.05) is 12.6 Å². The lowest BCUT2D eigenvalue weighted by Crippen LogP contribution is -2.13. The Morgan fingerprint density at radius 3 is 2.87 bits per heavy atom. The van der Waals surface area contributed by atoms with E-state index in [1.807, 2.05) is 13.8 Å². The van der Waals surface area contributed by atoms with Gasteiger partial charge in [-0.1, -0.05) is 6.08 Å². The van der Waals surface area contributed by atoms with Crippen molar-refractivity contribution in [3.63, 3.8) is 0 Å². The van der Waals surface area contributed by atoms with E-state index < -0.39 is 5.97 Å². The molecule has 15 heavy (non-hydrogen) atoms. The van der Waals surface area contributed by atoms with Gasteiger partial charge in [0.1, 0.15) is 5.76 Å². The second-order valence-corrected chi connectivity index (χ2v) is 3.12. The fourth-order valence-electron chi connectivity index (χ4n) is 1.04. The van der Waals surface area contributed by atoms with Crippen LogP contribution in [0, 0.1) is 13.8 Å². The van der Waals surface area contributed by atoms with Gasteiger partial charge < -0.3 is 14.8 Å². The molecule has 2 N–H and O–H groups in total. The van der Waals surface area contributed by atoms with Gasteiger partial charge in [-0.25, -0.2) is 9.78 Å². The highest BCUT2D eigenvalue weighted by molar-refractivity contribution is 5.79. The van der Waals surface area contributed by atoms with E-state index in [1.165, 1.54) is 6.08 Å². The Morgan fingerprint density at radius 1 is 1.60 bits per heavy atom. The molecule has 0 aliphatic rings. The van der Waals surface area contributed by atoms with E-state index in [2.05, 4.69) is 10.3 Å². The predicted molar refractivity (Wildman–Crippen MR) is 54.5 cm³/mol. The normalized spacial score (nSPS) is 11.1. The molecule has 0 saturated carbocycles. The van der Waals surface area contributed by atoms with Crippen LogP contribution in [0.15, 0.2) is 16.6 Å². The summed E-state index contributed by atoms with van der Waals surface area (Å²) in [5, 5.41) is 11.3. The predicted octanol–water partition coefficient (Wildman–Crippen LogP) is 1.02. The first-order valence-corrected chi connectivity index (χ1v) is 4.62. The first-order valence-electron chi connectivity index (χ1n) is 4.62. The zero-order chi connectivity index (χ0) is 11.3.